The number of hydrogen-bond acceptors (Lipinski definition) is 2. The van der Waals surface area contributed by atoms with Crippen molar-refractivity contribution in [1.82, 2.24) is 10.2 Å². The van der Waals surface area contributed by atoms with Gasteiger partial charge in [0.1, 0.15) is 0 Å². The average Bonchev–Trinajstić information content (AvgIpc) is 3.00. The van der Waals surface area contributed by atoms with Crippen molar-refractivity contribution in [3.63, 3.8) is 0 Å². The quantitative estimate of drug-likeness (QED) is 0.778. The van der Waals surface area contributed by atoms with Gasteiger partial charge in [0.05, 0.1) is 0 Å². The maximum Gasteiger partial charge on any atom is 0.0239 e. The zero-order valence-electron chi connectivity index (χ0n) is 14.1. The number of benzene rings is 1. The minimum absolute atomic E-state index is 0.572. The van der Waals surface area contributed by atoms with Gasteiger partial charge < -0.3 is 5.32 Å². The van der Waals surface area contributed by atoms with Crippen molar-refractivity contribution in [2.75, 3.05) is 13.1 Å². The molecular weight excluding hydrogens is 256 g/mol. The van der Waals surface area contributed by atoms with Gasteiger partial charge in [-0.25, -0.2) is 0 Å². The smallest absolute Gasteiger partial charge is 0.0239 e. The van der Waals surface area contributed by atoms with Gasteiger partial charge in [-0.2, -0.15) is 0 Å². The van der Waals surface area contributed by atoms with Crippen LogP contribution in [0.4, 0.5) is 0 Å². The van der Waals surface area contributed by atoms with Crippen LogP contribution in [0.15, 0.2) is 24.3 Å². The largest absolute Gasteiger partial charge is 0.314 e. The fourth-order valence-electron chi connectivity index (χ4n) is 3.44. The van der Waals surface area contributed by atoms with Crippen LogP contribution in [0.25, 0.3) is 0 Å². The summed E-state index contributed by atoms with van der Waals surface area (Å²) in [5.41, 5.74) is 3.04. The third-order valence-corrected chi connectivity index (χ3v) is 4.69. The Bertz CT molecular complexity index is 408. The zero-order chi connectivity index (χ0) is 15.1. The molecule has 118 valence electrons. The summed E-state index contributed by atoms with van der Waals surface area (Å²) < 4.78 is 0. The molecule has 1 aliphatic rings. The lowest BCUT2D eigenvalue weighted by Gasteiger charge is -2.28. The molecule has 1 aliphatic carbocycles. The second-order valence-corrected chi connectivity index (χ2v) is 6.63. The highest BCUT2D eigenvalue weighted by atomic mass is 15.1. The topological polar surface area (TPSA) is 15.3 Å². The van der Waals surface area contributed by atoms with Crippen LogP contribution in [0.1, 0.15) is 57.6 Å². The number of hydrogen-bond donors (Lipinski definition) is 1. The molecular formula is C19H32N2. The van der Waals surface area contributed by atoms with Gasteiger partial charge in [-0.3, -0.25) is 4.90 Å². The van der Waals surface area contributed by atoms with E-state index >= 15 is 0 Å². The van der Waals surface area contributed by atoms with Crippen LogP contribution in [-0.2, 0) is 13.0 Å². The van der Waals surface area contributed by atoms with Gasteiger partial charge in [0, 0.05) is 18.6 Å². The van der Waals surface area contributed by atoms with Crippen LogP contribution in [0.5, 0.6) is 0 Å². The first-order valence-electron chi connectivity index (χ1n) is 8.75. The van der Waals surface area contributed by atoms with Crippen molar-refractivity contribution in [1.29, 1.82) is 0 Å². The SMILES string of the molecule is CCN(Cc1ccccc1CCNC(C)C)C1CCCC1. The summed E-state index contributed by atoms with van der Waals surface area (Å²) in [6.45, 7) is 10.1. The Morgan fingerprint density at radius 2 is 1.81 bits per heavy atom. The summed E-state index contributed by atoms with van der Waals surface area (Å²) in [5.74, 6) is 0. The summed E-state index contributed by atoms with van der Waals surface area (Å²) in [6.07, 6.45) is 6.76. The number of nitrogens with one attached hydrogen (secondary N) is 1. The molecule has 0 amide bonds. The van der Waals surface area contributed by atoms with E-state index in [9.17, 15) is 0 Å². The van der Waals surface area contributed by atoms with E-state index < -0.39 is 0 Å². The monoisotopic (exact) mass is 288 g/mol. The molecule has 0 bridgehead atoms. The van der Waals surface area contributed by atoms with Gasteiger partial charge in [-0.15, -0.1) is 0 Å². The Labute approximate surface area is 130 Å². The molecule has 1 aromatic carbocycles. The number of nitrogens with zero attached hydrogens (tertiary/aromatic N) is 1. The van der Waals surface area contributed by atoms with Gasteiger partial charge >= 0.3 is 0 Å². The maximum absolute atomic E-state index is 3.53. The molecule has 0 unspecified atom stereocenters. The molecule has 21 heavy (non-hydrogen) atoms. The lowest BCUT2D eigenvalue weighted by molar-refractivity contribution is 0.199. The van der Waals surface area contributed by atoms with Crippen LogP contribution in [0.3, 0.4) is 0 Å². The highest BCUT2D eigenvalue weighted by Gasteiger charge is 2.21. The Morgan fingerprint density at radius 3 is 2.43 bits per heavy atom. The molecule has 1 fully saturated rings. The van der Waals surface area contributed by atoms with Crippen molar-refractivity contribution in [3.8, 4) is 0 Å². The maximum atomic E-state index is 3.53. The second-order valence-electron chi connectivity index (χ2n) is 6.63. The van der Waals surface area contributed by atoms with Crippen molar-refractivity contribution >= 4 is 0 Å². The molecule has 0 atom stereocenters. The Morgan fingerprint density at radius 1 is 1.14 bits per heavy atom. The van der Waals surface area contributed by atoms with Crippen LogP contribution in [0.2, 0.25) is 0 Å². The fraction of sp³-hybridized carbons (Fsp3) is 0.684. The minimum Gasteiger partial charge on any atom is -0.314 e. The van der Waals surface area contributed by atoms with E-state index in [1.54, 1.807) is 0 Å². The van der Waals surface area contributed by atoms with Crippen LogP contribution in [-0.4, -0.2) is 30.1 Å². The standard InChI is InChI=1S/C19H32N2/c1-4-21(19-11-7-8-12-19)15-18-10-6-5-9-17(18)13-14-20-16(2)3/h5-6,9-10,16,19-20H,4,7-8,11-15H2,1-3H3. The molecule has 0 aromatic heterocycles. The van der Waals surface area contributed by atoms with E-state index in [1.807, 2.05) is 0 Å². The predicted octanol–water partition coefficient (Wildman–Crippen LogP) is 3.99. The molecule has 0 aliphatic heterocycles. The molecule has 0 radical (unpaired) electrons. The van der Waals surface area contributed by atoms with Crippen LogP contribution < -0.4 is 5.32 Å². The average molecular weight is 288 g/mol. The first-order valence-corrected chi connectivity index (χ1v) is 8.75. The third-order valence-electron chi connectivity index (χ3n) is 4.69. The first kappa shape index (κ1) is 16.5. The van der Waals surface area contributed by atoms with Crippen molar-refractivity contribution < 1.29 is 0 Å². The van der Waals surface area contributed by atoms with E-state index in [0.29, 0.717) is 6.04 Å². The third kappa shape index (κ3) is 5.12. The summed E-state index contributed by atoms with van der Waals surface area (Å²) in [6, 6.07) is 10.4. The lowest BCUT2D eigenvalue weighted by atomic mass is 10.0. The van der Waals surface area contributed by atoms with Gasteiger partial charge in [0.2, 0.25) is 0 Å². The van der Waals surface area contributed by atoms with Gasteiger partial charge in [-0.1, -0.05) is 57.9 Å². The van der Waals surface area contributed by atoms with Crippen LogP contribution in [0, 0.1) is 0 Å². The molecule has 2 heteroatoms. The van der Waals surface area contributed by atoms with E-state index in [2.05, 4.69) is 55.3 Å². The van der Waals surface area contributed by atoms with Crippen molar-refractivity contribution in [3.05, 3.63) is 35.4 Å². The normalized spacial score (nSPS) is 16.2. The van der Waals surface area contributed by atoms with E-state index in [1.165, 1.54) is 43.4 Å². The fourth-order valence-corrected chi connectivity index (χ4v) is 3.44. The Kier molecular flexibility index (Phi) is 6.72. The summed E-state index contributed by atoms with van der Waals surface area (Å²) in [7, 11) is 0. The highest BCUT2D eigenvalue weighted by Crippen LogP contribution is 2.25. The molecule has 2 nitrogen and oxygen atoms in total. The Hall–Kier alpha value is -0.860. The van der Waals surface area contributed by atoms with E-state index in [-0.39, 0.29) is 0 Å². The van der Waals surface area contributed by atoms with Gasteiger partial charge in [0.25, 0.3) is 0 Å². The molecule has 2 rings (SSSR count). The summed E-state index contributed by atoms with van der Waals surface area (Å²) >= 11 is 0. The molecule has 0 spiro atoms. The van der Waals surface area contributed by atoms with E-state index in [0.717, 1.165) is 25.6 Å². The molecule has 1 N–H and O–H groups in total. The first-order chi connectivity index (χ1) is 10.2. The molecule has 0 saturated heterocycles. The zero-order valence-corrected chi connectivity index (χ0v) is 14.1. The highest BCUT2D eigenvalue weighted by molar-refractivity contribution is 5.27. The molecule has 1 aromatic rings. The van der Waals surface area contributed by atoms with E-state index in [4.69, 9.17) is 0 Å². The van der Waals surface area contributed by atoms with Crippen LogP contribution >= 0.6 is 0 Å². The van der Waals surface area contributed by atoms with Crippen molar-refractivity contribution in [2.24, 2.45) is 0 Å². The van der Waals surface area contributed by atoms with Gasteiger partial charge in [-0.05, 0) is 43.5 Å². The lowest BCUT2D eigenvalue weighted by Crippen LogP contribution is -2.33. The van der Waals surface area contributed by atoms with Crippen molar-refractivity contribution in [2.45, 2.75) is 71.5 Å². The molecule has 0 heterocycles. The molecule has 1 saturated carbocycles. The summed E-state index contributed by atoms with van der Waals surface area (Å²) in [4.78, 5) is 2.68. The van der Waals surface area contributed by atoms with Gasteiger partial charge in [0.15, 0.2) is 0 Å². The Balaban J connectivity index is 1.97. The number of rotatable bonds is 8. The summed E-state index contributed by atoms with van der Waals surface area (Å²) in [5, 5.41) is 3.53. The second kappa shape index (κ2) is 8.55. The minimum atomic E-state index is 0.572. The predicted molar refractivity (Wildman–Crippen MR) is 91.6 cm³/mol.